The second-order valence-corrected chi connectivity index (χ2v) is 14.1. The number of nitrogens with zero attached hydrogens (tertiary/aromatic N) is 3. The molecule has 0 N–H and O–H groups in total. The zero-order valence-corrected chi connectivity index (χ0v) is 28.6. The van der Waals surface area contributed by atoms with Crippen molar-refractivity contribution in [1.82, 2.24) is 9.80 Å². The van der Waals surface area contributed by atoms with Crippen LogP contribution in [0.2, 0.25) is 5.02 Å². The highest BCUT2D eigenvalue weighted by atomic mass is 35.5. The highest BCUT2D eigenvalue weighted by molar-refractivity contribution is 7.21. The summed E-state index contributed by atoms with van der Waals surface area (Å²) in [5, 5.41) is 10.8. The molecule has 1 fully saturated rings. The van der Waals surface area contributed by atoms with E-state index in [1.54, 1.807) is 18.0 Å². The maximum atomic E-state index is 14.5. The van der Waals surface area contributed by atoms with Gasteiger partial charge in [-0.2, -0.15) is 5.26 Å². The van der Waals surface area contributed by atoms with Gasteiger partial charge < -0.3 is 19.3 Å². The van der Waals surface area contributed by atoms with Crippen molar-refractivity contribution in [2.75, 3.05) is 13.7 Å². The van der Waals surface area contributed by atoms with Crippen molar-refractivity contribution < 1.29 is 19.1 Å². The Morgan fingerprint density at radius 3 is 2.35 bits per heavy atom. The minimum atomic E-state index is -0.571. The summed E-state index contributed by atoms with van der Waals surface area (Å²) < 4.78 is 12.6. The van der Waals surface area contributed by atoms with E-state index < -0.39 is 5.60 Å². The van der Waals surface area contributed by atoms with E-state index in [-0.39, 0.29) is 24.1 Å². The smallest absolute Gasteiger partial charge is 0.410 e. The van der Waals surface area contributed by atoms with Gasteiger partial charge in [0.05, 0.1) is 23.3 Å². The zero-order valence-electron chi connectivity index (χ0n) is 27.0. The van der Waals surface area contributed by atoms with Crippen LogP contribution in [0.3, 0.4) is 0 Å². The van der Waals surface area contributed by atoms with E-state index in [0.29, 0.717) is 34.4 Å². The van der Waals surface area contributed by atoms with Gasteiger partial charge in [-0.15, -0.1) is 11.3 Å². The Morgan fingerprint density at radius 1 is 0.978 bits per heavy atom. The maximum absolute atomic E-state index is 14.5. The summed E-state index contributed by atoms with van der Waals surface area (Å²) in [7, 11) is 1.79. The average Bonchev–Trinajstić information content (AvgIpc) is 3.39. The number of ether oxygens (including phenoxy) is 2. The Morgan fingerprint density at radius 2 is 1.67 bits per heavy atom. The number of thiophene rings is 1. The lowest BCUT2D eigenvalue weighted by Crippen LogP contribution is -2.47. The molecule has 1 aromatic heterocycles. The zero-order chi connectivity index (χ0) is 33.0. The predicted molar refractivity (Wildman–Crippen MR) is 185 cm³/mol. The number of carbonyl (C=O) groups excluding carboxylic acids is 2. The Labute approximate surface area is 280 Å². The van der Waals surface area contributed by atoms with Gasteiger partial charge in [0.2, 0.25) is 0 Å². The minimum absolute atomic E-state index is 0.0192. The van der Waals surface area contributed by atoms with Crippen LogP contribution in [-0.4, -0.2) is 53.1 Å². The van der Waals surface area contributed by atoms with Crippen LogP contribution in [0.1, 0.15) is 74.2 Å². The van der Waals surface area contributed by atoms with Crippen LogP contribution in [0.25, 0.3) is 21.2 Å². The fourth-order valence-corrected chi connectivity index (χ4v) is 7.49. The molecule has 2 amide bonds. The normalized spacial score (nSPS) is 16.5. The van der Waals surface area contributed by atoms with Crippen LogP contribution in [0.5, 0.6) is 5.75 Å². The van der Waals surface area contributed by atoms with Crippen LogP contribution in [0.15, 0.2) is 66.7 Å². The van der Waals surface area contributed by atoms with Gasteiger partial charge in [0, 0.05) is 41.3 Å². The predicted octanol–water partition coefficient (Wildman–Crippen LogP) is 9.31. The van der Waals surface area contributed by atoms with Crippen molar-refractivity contribution in [3.05, 3.63) is 87.8 Å². The number of rotatable bonds is 8. The number of halogens is 1. The molecule has 3 aromatic carbocycles. The molecule has 0 radical (unpaired) electrons. The van der Waals surface area contributed by atoms with Crippen molar-refractivity contribution in [2.45, 2.75) is 77.6 Å². The molecule has 9 heteroatoms. The monoisotopic (exact) mass is 657 g/mol. The van der Waals surface area contributed by atoms with Gasteiger partial charge in [0.1, 0.15) is 16.2 Å². The lowest BCUT2D eigenvalue weighted by atomic mass is 9.89. The quantitative estimate of drug-likeness (QED) is 0.189. The van der Waals surface area contributed by atoms with Crippen molar-refractivity contribution in [3.8, 4) is 22.9 Å². The summed E-state index contributed by atoms with van der Waals surface area (Å²) in [6, 6.07) is 23.4. The third-order valence-corrected chi connectivity index (χ3v) is 10.0. The molecule has 7 nitrogen and oxygen atoms in total. The fourth-order valence-electron chi connectivity index (χ4n) is 6.02. The molecule has 240 valence electrons. The largest absolute Gasteiger partial charge is 0.494 e. The molecule has 0 saturated heterocycles. The van der Waals surface area contributed by atoms with E-state index in [0.717, 1.165) is 52.5 Å². The minimum Gasteiger partial charge on any atom is -0.494 e. The summed E-state index contributed by atoms with van der Waals surface area (Å²) >= 11 is 8.27. The van der Waals surface area contributed by atoms with E-state index in [4.69, 9.17) is 21.1 Å². The second-order valence-electron chi connectivity index (χ2n) is 12.7. The molecule has 1 saturated carbocycles. The number of fused-ring (bicyclic) bond motifs is 1. The highest BCUT2D eigenvalue weighted by Crippen LogP contribution is 2.39. The van der Waals surface area contributed by atoms with Crippen molar-refractivity contribution in [1.29, 1.82) is 5.26 Å². The Kier molecular flexibility index (Phi) is 10.2. The third kappa shape index (κ3) is 7.49. The molecule has 0 unspecified atom stereocenters. The SMILES string of the molecule is CCOc1ccc(-c2cccc(C#N)c2)cc1CN(C(=O)c1sc2ccccc2c1Cl)C1CCC(N(C)C(=O)OC(C)(C)C)CC1. The topological polar surface area (TPSA) is 82.9 Å². The molecule has 0 bridgehead atoms. The summed E-state index contributed by atoms with van der Waals surface area (Å²) in [6.45, 7) is 8.34. The van der Waals surface area contributed by atoms with Crippen LogP contribution in [0, 0.1) is 11.3 Å². The molecule has 46 heavy (non-hydrogen) atoms. The maximum Gasteiger partial charge on any atom is 0.410 e. The highest BCUT2D eigenvalue weighted by Gasteiger charge is 2.35. The molecular formula is C37H40ClN3O4S. The van der Waals surface area contributed by atoms with E-state index in [1.807, 2.05) is 87.2 Å². The Bertz CT molecular complexity index is 1760. The van der Waals surface area contributed by atoms with E-state index in [2.05, 4.69) is 12.1 Å². The second kappa shape index (κ2) is 14.1. The lowest BCUT2D eigenvalue weighted by molar-refractivity contribution is 0.0144. The molecule has 1 aliphatic rings. The summed E-state index contributed by atoms with van der Waals surface area (Å²) in [5.74, 6) is 0.593. The van der Waals surface area contributed by atoms with Crippen molar-refractivity contribution in [3.63, 3.8) is 0 Å². The number of hydrogen-bond donors (Lipinski definition) is 0. The molecule has 1 heterocycles. The van der Waals surface area contributed by atoms with Crippen LogP contribution in [-0.2, 0) is 11.3 Å². The average molecular weight is 658 g/mol. The van der Waals surface area contributed by atoms with Crippen LogP contribution >= 0.6 is 22.9 Å². The number of carbonyl (C=O) groups is 2. The first kappa shape index (κ1) is 33.3. The molecular weight excluding hydrogens is 618 g/mol. The molecule has 0 aliphatic heterocycles. The molecule has 1 aliphatic carbocycles. The Hall–Kier alpha value is -4.06. The van der Waals surface area contributed by atoms with E-state index >= 15 is 0 Å². The first-order valence-corrected chi connectivity index (χ1v) is 16.9. The van der Waals surface area contributed by atoms with Crippen molar-refractivity contribution >= 4 is 45.0 Å². The van der Waals surface area contributed by atoms with Gasteiger partial charge in [0.15, 0.2) is 0 Å². The van der Waals surface area contributed by atoms with E-state index in [1.165, 1.54) is 11.3 Å². The van der Waals surface area contributed by atoms with Crippen LogP contribution in [0.4, 0.5) is 4.79 Å². The lowest BCUT2D eigenvalue weighted by Gasteiger charge is -2.40. The van der Waals surface area contributed by atoms with Gasteiger partial charge in [-0.05, 0) is 94.8 Å². The van der Waals surface area contributed by atoms with Crippen molar-refractivity contribution in [2.24, 2.45) is 0 Å². The van der Waals surface area contributed by atoms with E-state index in [9.17, 15) is 14.9 Å². The van der Waals surface area contributed by atoms with Gasteiger partial charge in [0.25, 0.3) is 5.91 Å². The standard InChI is InChI=1S/C37H40ClN3O4S/c1-6-44-31-19-14-26(25-11-9-10-24(20-25)22-39)21-27(31)23-41(35(42)34-33(38)30-12-7-8-13-32(30)46-34)29-17-15-28(16-18-29)40(5)36(43)45-37(2,3)4/h7-14,19-21,28-29H,6,15-18,23H2,1-5H3. The van der Waals surface area contributed by atoms with Gasteiger partial charge in [-0.25, -0.2) is 4.79 Å². The molecule has 4 aromatic rings. The van der Waals surface area contributed by atoms with Gasteiger partial charge in [-0.3, -0.25) is 4.79 Å². The van der Waals surface area contributed by atoms with Gasteiger partial charge >= 0.3 is 6.09 Å². The summed E-state index contributed by atoms with van der Waals surface area (Å²) in [4.78, 5) is 31.5. The fraction of sp³-hybridized carbons (Fsp3) is 0.378. The first-order chi connectivity index (χ1) is 22.0. The molecule has 5 rings (SSSR count). The molecule has 0 atom stereocenters. The Balaban J connectivity index is 1.48. The number of benzene rings is 3. The number of hydrogen-bond acceptors (Lipinski definition) is 6. The summed E-state index contributed by atoms with van der Waals surface area (Å²) in [6.07, 6.45) is 2.59. The molecule has 0 spiro atoms. The van der Waals surface area contributed by atoms with Gasteiger partial charge in [-0.1, -0.05) is 48.0 Å². The third-order valence-electron chi connectivity index (χ3n) is 8.35. The first-order valence-electron chi connectivity index (χ1n) is 15.7. The van der Waals surface area contributed by atoms with Crippen LogP contribution < -0.4 is 4.74 Å². The number of amides is 2. The number of nitriles is 1. The summed E-state index contributed by atoms with van der Waals surface area (Å²) in [5.41, 5.74) is 2.74.